The lowest BCUT2D eigenvalue weighted by Gasteiger charge is -2.22. The quantitative estimate of drug-likeness (QED) is 0.620. The van der Waals surface area contributed by atoms with Gasteiger partial charge in [-0.05, 0) is 44.0 Å². The van der Waals surface area contributed by atoms with Crippen molar-refractivity contribution in [1.82, 2.24) is 18.7 Å². The van der Waals surface area contributed by atoms with E-state index in [1.807, 2.05) is 35.8 Å². The minimum Gasteiger partial charge on any atom is -0.494 e. The van der Waals surface area contributed by atoms with Gasteiger partial charge in [-0.1, -0.05) is 6.08 Å². The number of aromatic nitrogens is 4. The predicted octanol–water partition coefficient (Wildman–Crippen LogP) is 2.41. The summed E-state index contributed by atoms with van der Waals surface area (Å²) in [5.74, 6) is 1.50. The summed E-state index contributed by atoms with van der Waals surface area (Å²) in [4.78, 5) is 32.6. The van der Waals surface area contributed by atoms with Crippen LogP contribution in [0.15, 0.2) is 46.5 Å². The number of imidazole rings is 1. The Kier molecular flexibility index (Phi) is 5.00. The van der Waals surface area contributed by atoms with E-state index in [0.29, 0.717) is 30.3 Å². The van der Waals surface area contributed by atoms with E-state index in [-0.39, 0.29) is 17.8 Å². The van der Waals surface area contributed by atoms with E-state index in [2.05, 4.69) is 11.5 Å². The number of anilines is 2. The van der Waals surface area contributed by atoms with Crippen LogP contribution in [0, 0.1) is 0 Å². The molecule has 152 valence electrons. The molecule has 1 aliphatic rings. The Balaban J connectivity index is 1.92. The minimum atomic E-state index is -0.386. The fourth-order valence-corrected chi connectivity index (χ4v) is 3.84. The van der Waals surface area contributed by atoms with Crippen LogP contribution in [0.5, 0.6) is 5.75 Å². The molecule has 2 aromatic heterocycles. The maximum atomic E-state index is 13.1. The molecule has 29 heavy (non-hydrogen) atoms. The zero-order valence-electron chi connectivity index (χ0n) is 16.8. The number of fused-ring (bicyclic) bond motifs is 3. The topological polar surface area (TPSA) is 74.3 Å². The summed E-state index contributed by atoms with van der Waals surface area (Å²) < 4.78 is 10.1. The number of nitrogens with zero attached hydrogens (tertiary/aromatic N) is 5. The van der Waals surface area contributed by atoms with E-state index in [1.165, 1.54) is 9.13 Å². The second kappa shape index (κ2) is 7.62. The van der Waals surface area contributed by atoms with Gasteiger partial charge in [-0.25, -0.2) is 4.79 Å². The third-order valence-electron chi connectivity index (χ3n) is 5.24. The molecule has 0 fully saturated rings. The van der Waals surface area contributed by atoms with Gasteiger partial charge in [0.05, 0.1) is 6.61 Å². The van der Waals surface area contributed by atoms with E-state index in [4.69, 9.17) is 9.72 Å². The SMILES string of the molecule is C=CCn1c(=O)c2c(nc3n2CCCCN3c2ccc(OCC)cc2)n(C)c1=O. The monoisotopic (exact) mass is 395 g/mol. The highest BCUT2D eigenvalue weighted by atomic mass is 16.5. The molecule has 3 heterocycles. The van der Waals surface area contributed by atoms with Crippen LogP contribution < -0.4 is 20.9 Å². The molecule has 0 saturated carbocycles. The lowest BCUT2D eigenvalue weighted by Crippen LogP contribution is -2.39. The molecule has 0 bridgehead atoms. The second-order valence-corrected chi connectivity index (χ2v) is 7.07. The molecule has 1 aromatic carbocycles. The molecule has 0 saturated heterocycles. The van der Waals surface area contributed by atoms with Gasteiger partial charge in [-0.2, -0.15) is 4.98 Å². The van der Waals surface area contributed by atoms with E-state index in [1.54, 1.807) is 13.1 Å². The third kappa shape index (κ3) is 3.14. The van der Waals surface area contributed by atoms with Crippen LogP contribution in [-0.2, 0) is 20.1 Å². The smallest absolute Gasteiger partial charge is 0.332 e. The maximum absolute atomic E-state index is 13.1. The molecule has 8 nitrogen and oxygen atoms in total. The Morgan fingerprint density at radius 1 is 1.17 bits per heavy atom. The number of hydrogen-bond acceptors (Lipinski definition) is 5. The van der Waals surface area contributed by atoms with Gasteiger partial charge in [0.1, 0.15) is 5.75 Å². The van der Waals surface area contributed by atoms with Crippen molar-refractivity contribution in [2.24, 2.45) is 7.05 Å². The van der Waals surface area contributed by atoms with Crippen molar-refractivity contribution in [1.29, 1.82) is 0 Å². The summed E-state index contributed by atoms with van der Waals surface area (Å²) in [5, 5.41) is 0. The third-order valence-corrected chi connectivity index (χ3v) is 5.24. The van der Waals surface area contributed by atoms with Gasteiger partial charge in [0.25, 0.3) is 5.56 Å². The fourth-order valence-electron chi connectivity index (χ4n) is 3.84. The number of aryl methyl sites for hydroxylation is 2. The van der Waals surface area contributed by atoms with Crippen molar-refractivity contribution >= 4 is 22.8 Å². The summed E-state index contributed by atoms with van der Waals surface area (Å²) in [6.07, 6.45) is 3.46. The van der Waals surface area contributed by atoms with Crippen molar-refractivity contribution in [3.8, 4) is 5.75 Å². The molecule has 0 amide bonds. The van der Waals surface area contributed by atoms with Gasteiger partial charge in [-0.15, -0.1) is 6.58 Å². The van der Waals surface area contributed by atoms with Crippen molar-refractivity contribution in [2.45, 2.75) is 32.9 Å². The van der Waals surface area contributed by atoms with Gasteiger partial charge in [0.15, 0.2) is 11.2 Å². The normalized spacial score (nSPS) is 13.9. The molecule has 0 N–H and O–H groups in total. The number of benzene rings is 1. The molecule has 0 atom stereocenters. The van der Waals surface area contributed by atoms with Crippen molar-refractivity contribution in [2.75, 3.05) is 18.1 Å². The minimum absolute atomic E-state index is 0.171. The Morgan fingerprint density at radius 3 is 2.59 bits per heavy atom. The molecular formula is C21H25N5O3. The number of rotatable bonds is 5. The first-order valence-electron chi connectivity index (χ1n) is 9.88. The van der Waals surface area contributed by atoms with Crippen molar-refractivity contribution in [3.63, 3.8) is 0 Å². The van der Waals surface area contributed by atoms with Crippen LogP contribution in [0.25, 0.3) is 11.2 Å². The summed E-state index contributed by atoms with van der Waals surface area (Å²) in [5.41, 5.74) is 1.14. The number of hydrogen-bond donors (Lipinski definition) is 0. The second-order valence-electron chi connectivity index (χ2n) is 7.07. The first-order valence-corrected chi connectivity index (χ1v) is 9.88. The Labute approximate surface area is 168 Å². The van der Waals surface area contributed by atoms with Gasteiger partial charge < -0.3 is 14.2 Å². The molecule has 4 rings (SSSR count). The lowest BCUT2D eigenvalue weighted by atomic mass is 10.2. The van der Waals surface area contributed by atoms with Crippen LogP contribution in [0.1, 0.15) is 19.8 Å². The zero-order chi connectivity index (χ0) is 20.5. The molecule has 0 aliphatic carbocycles. The molecule has 0 radical (unpaired) electrons. The van der Waals surface area contributed by atoms with Gasteiger partial charge in [0, 0.05) is 32.4 Å². The number of ether oxygens (including phenoxy) is 1. The van der Waals surface area contributed by atoms with Crippen LogP contribution >= 0.6 is 0 Å². The highest BCUT2D eigenvalue weighted by molar-refractivity contribution is 5.76. The zero-order valence-corrected chi connectivity index (χ0v) is 16.8. The highest BCUT2D eigenvalue weighted by Gasteiger charge is 2.25. The fraction of sp³-hybridized carbons (Fsp3) is 0.381. The molecule has 1 aliphatic heterocycles. The van der Waals surface area contributed by atoms with Crippen molar-refractivity contribution < 1.29 is 4.74 Å². The van der Waals surface area contributed by atoms with Crippen LogP contribution in [-0.4, -0.2) is 31.8 Å². The Bertz CT molecular complexity index is 1170. The largest absolute Gasteiger partial charge is 0.494 e. The van der Waals surface area contributed by atoms with E-state index in [9.17, 15) is 9.59 Å². The summed E-state index contributed by atoms with van der Waals surface area (Å²) in [6, 6.07) is 7.86. The standard InChI is InChI=1S/C21H25N5O3/c1-4-12-26-19(27)17-18(23(3)21(26)28)22-20-24(13-6-7-14-25(17)20)15-8-10-16(11-9-15)29-5-2/h4,8-11H,1,5-7,12-14H2,2-3H3. The summed E-state index contributed by atoms with van der Waals surface area (Å²) >= 11 is 0. The molecule has 0 unspecified atom stereocenters. The van der Waals surface area contributed by atoms with Crippen LogP contribution in [0.2, 0.25) is 0 Å². The van der Waals surface area contributed by atoms with Gasteiger partial charge in [0.2, 0.25) is 5.95 Å². The molecule has 8 heteroatoms. The maximum Gasteiger partial charge on any atom is 0.332 e. The summed E-state index contributed by atoms with van der Waals surface area (Å²) in [7, 11) is 1.65. The average Bonchev–Trinajstić information content (AvgIpc) is 2.98. The van der Waals surface area contributed by atoms with Gasteiger partial charge in [-0.3, -0.25) is 13.9 Å². The first kappa shape index (κ1) is 19.0. The average molecular weight is 395 g/mol. The Hall–Kier alpha value is -3.29. The van der Waals surface area contributed by atoms with Gasteiger partial charge >= 0.3 is 5.69 Å². The number of allylic oxidation sites excluding steroid dienone is 1. The summed E-state index contributed by atoms with van der Waals surface area (Å²) in [6.45, 7) is 7.87. The molecular weight excluding hydrogens is 370 g/mol. The first-order chi connectivity index (χ1) is 14.1. The van der Waals surface area contributed by atoms with Crippen LogP contribution in [0.3, 0.4) is 0 Å². The van der Waals surface area contributed by atoms with E-state index in [0.717, 1.165) is 30.8 Å². The predicted molar refractivity (Wildman–Crippen MR) is 113 cm³/mol. The molecule has 3 aromatic rings. The Morgan fingerprint density at radius 2 is 1.90 bits per heavy atom. The highest BCUT2D eigenvalue weighted by Crippen LogP contribution is 2.31. The van der Waals surface area contributed by atoms with Crippen LogP contribution in [0.4, 0.5) is 11.6 Å². The van der Waals surface area contributed by atoms with E-state index >= 15 is 0 Å². The molecule has 0 spiro atoms. The lowest BCUT2D eigenvalue weighted by molar-refractivity contribution is 0.340. The van der Waals surface area contributed by atoms with E-state index < -0.39 is 0 Å². The van der Waals surface area contributed by atoms with Crippen molar-refractivity contribution in [3.05, 3.63) is 57.8 Å².